The summed E-state index contributed by atoms with van der Waals surface area (Å²) < 4.78 is 31.9. The first kappa shape index (κ1) is 70.0. The summed E-state index contributed by atoms with van der Waals surface area (Å²) in [5, 5.41) is 25.7. The van der Waals surface area contributed by atoms with Gasteiger partial charge in [0.1, 0.15) is 22.3 Å². The van der Waals surface area contributed by atoms with Gasteiger partial charge < -0.3 is 36.2 Å². The number of furan rings is 2. The summed E-state index contributed by atoms with van der Waals surface area (Å²) in [6.45, 7) is 0. The van der Waals surface area contributed by atoms with Crippen LogP contribution in [0.15, 0.2) is 403 Å². The van der Waals surface area contributed by atoms with E-state index in [1.54, 1.807) is 0 Å². The number of nitrogens with zero attached hydrogens (tertiary/aromatic N) is 6. The Morgan fingerprint density at radius 3 is 0.926 bits per heavy atom. The number of fused-ring (bicyclic) bond motifs is 35. The summed E-state index contributed by atoms with van der Waals surface area (Å²) in [6.07, 6.45) is 0. The van der Waals surface area contributed by atoms with Gasteiger partial charge in [0.15, 0.2) is 0 Å². The second-order valence-corrected chi connectivity index (χ2v) is 33.5. The minimum Gasteiger partial charge on any atom is -0.455 e. The van der Waals surface area contributed by atoms with E-state index in [4.69, 9.17) is 8.83 Å². The van der Waals surface area contributed by atoms with Crippen LogP contribution in [0.3, 0.4) is 0 Å². The molecular formula is C111H74N6O2S2. The fourth-order valence-electron chi connectivity index (χ4n) is 19.6. The van der Waals surface area contributed by atoms with Gasteiger partial charge in [-0.3, -0.25) is 0 Å². The third-order valence-corrected chi connectivity index (χ3v) is 27.4. The largest absolute Gasteiger partial charge is 0.455 e. The van der Waals surface area contributed by atoms with Crippen molar-refractivity contribution < 1.29 is 8.83 Å². The summed E-state index contributed by atoms with van der Waals surface area (Å²) in [7, 11) is 6.43. The molecule has 0 aliphatic rings. The monoisotopic (exact) mass is 1590 g/mol. The molecule has 0 amide bonds. The predicted molar refractivity (Wildman–Crippen MR) is 518 cm³/mol. The Morgan fingerprint density at radius 2 is 0.463 bits per heavy atom. The minimum absolute atomic E-state index is 0.937. The van der Waals surface area contributed by atoms with Crippen molar-refractivity contribution in [3.8, 4) is 17.1 Å². The third-order valence-electron chi connectivity index (χ3n) is 25.0. The first-order valence-corrected chi connectivity index (χ1v) is 42.8. The Labute approximate surface area is 701 Å². The Bertz CT molecular complexity index is 8620. The first-order valence-electron chi connectivity index (χ1n) is 41.1. The quantitative estimate of drug-likeness (QED) is 0.177. The summed E-state index contributed by atoms with van der Waals surface area (Å²) in [4.78, 5) is 0. The summed E-state index contributed by atoms with van der Waals surface area (Å²) >= 11 is 3.81. The van der Waals surface area contributed by atoms with Gasteiger partial charge in [0.05, 0.1) is 60.4 Å². The molecule has 10 heterocycles. The van der Waals surface area contributed by atoms with Crippen LogP contribution in [-0.4, -0.2) is 27.4 Å². The molecule has 572 valence electrons. The molecule has 0 spiro atoms. The molecule has 0 N–H and O–H groups in total. The lowest BCUT2D eigenvalue weighted by Crippen LogP contribution is -1.93. The van der Waals surface area contributed by atoms with Crippen LogP contribution in [0.4, 0.5) is 0 Å². The summed E-state index contributed by atoms with van der Waals surface area (Å²) in [5.74, 6) is 0. The minimum atomic E-state index is 0.937. The van der Waals surface area contributed by atoms with Crippen molar-refractivity contribution in [2.45, 2.75) is 0 Å². The zero-order valence-electron chi connectivity index (χ0n) is 66.3. The van der Waals surface area contributed by atoms with Crippen molar-refractivity contribution in [1.29, 1.82) is 0 Å². The lowest BCUT2D eigenvalue weighted by Gasteiger charge is -2.08. The highest BCUT2D eigenvalue weighted by atomic mass is 32.1. The highest BCUT2D eigenvalue weighted by molar-refractivity contribution is 7.27. The SMILES string of the molecule is Cn1c2ccccc2c2c1ccc1c3ccccc3n(-c3ccccc3)c12.Cn1c2ccccc2c2c3oc4ccccc4c3ccc21.Cn1c2ccccc2c2c3sc4ccccc4c3ccc21.c1ccc(-n2c3ccccc3c3c4oc5ccccc5c4ccc32)cc1.c1ccc(-n2c3ccccc3c3c4sc5ccccc5c4ccc32)cc1. The van der Waals surface area contributed by atoms with E-state index in [0.29, 0.717) is 0 Å². The predicted octanol–water partition coefficient (Wildman–Crippen LogP) is 31.2. The maximum Gasteiger partial charge on any atom is 0.145 e. The Balaban J connectivity index is 0.0000000860. The number of aromatic nitrogens is 6. The van der Waals surface area contributed by atoms with Crippen LogP contribution in [0.25, 0.3) is 232 Å². The Kier molecular flexibility index (Phi) is 16.2. The zero-order chi connectivity index (χ0) is 80.1. The van der Waals surface area contributed by atoms with Crippen LogP contribution in [0.1, 0.15) is 0 Å². The second kappa shape index (κ2) is 28.0. The Morgan fingerprint density at radius 1 is 0.182 bits per heavy atom. The van der Waals surface area contributed by atoms with Crippen LogP contribution < -0.4 is 0 Å². The summed E-state index contributed by atoms with van der Waals surface area (Å²) in [5.41, 5.74) is 22.5. The molecule has 0 saturated heterocycles. The smallest absolute Gasteiger partial charge is 0.145 e. The van der Waals surface area contributed by atoms with E-state index in [2.05, 4.69) is 419 Å². The fraction of sp³-hybridized carbons (Fsp3) is 0.0270. The number of benzene rings is 18. The van der Waals surface area contributed by atoms with E-state index in [1.165, 1.54) is 204 Å². The van der Waals surface area contributed by atoms with E-state index in [9.17, 15) is 0 Å². The van der Waals surface area contributed by atoms with Crippen molar-refractivity contribution in [3.05, 3.63) is 394 Å². The average molecular weight is 1590 g/mol. The van der Waals surface area contributed by atoms with Gasteiger partial charge in [-0.15, -0.1) is 22.7 Å². The number of hydrogen-bond acceptors (Lipinski definition) is 4. The van der Waals surface area contributed by atoms with Crippen LogP contribution in [-0.2, 0) is 21.1 Å². The first-order chi connectivity index (χ1) is 59.9. The molecule has 28 rings (SSSR count). The molecule has 0 saturated carbocycles. The number of para-hydroxylation sites is 11. The lowest BCUT2D eigenvalue weighted by atomic mass is 10.1. The van der Waals surface area contributed by atoms with Crippen molar-refractivity contribution in [1.82, 2.24) is 27.4 Å². The number of hydrogen-bond donors (Lipinski definition) is 0. The van der Waals surface area contributed by atoms with Crippen molar-refractivity contribution in [2.75, 3.05) is 0 Å². The molecule has 10 heteroatoms. The lowest BCUT2D eigenvalue weighted by molar-refractivity contribution is 0.672. The summed E-state index contributed by atoms with van der Waals surface area (Å²) in [6, 6.07) is 140. The van der Waals surface area contributed by atoms with Gasteiger partial charge in [-0.05, 0) is 140 Å². The van der Waals surface area contributed by atoms with Gasteiger partial charge in [-0.2, -0.15) is 0 Å². The molecule has 0 bridgehead atoms. The van der Waals surface area contributed by atoms with Gasteiger partial charge in [0.25, 0.3) is 0 Å². The van der Waals surface area contributed by atoms with E-state index >= 15 is 0 Å². The molecule has 0 radical (unpaired) electrons. The Hall–Kier alpha value is -15.2. The molecule has 121 heavy (non-hydrogen) atoms. The van der Waals surface area contributed by atoms with E-state index < -0.39 is 0 Å². The van der Waals surface area contributed by atoms with Crippen molar-refractivity contribution >= 4 is 238 Å². The standard InChI is InChI=1S/C25H18N2.C24H15NO.C24H15NS.C19H13NO.C19H13NS/c1-26-21-13-7-6-12-20(21)24-23(26)16-15-19-18-11-5-8-14-22(18)27(25(19)24)17-9-3-2-4-10-17;2*1-2-8-16(9-3-1)25-20-12-6-4-11-19(20)23-21(25)15-14-18-17-10-5-7-13-22(17)26-24(18)23;2*1-20-15-8-4-2-7-14(15)18-16(20)11-10-13-12-6-3-5-9-17(12)21-19(13)18/h2-16H,1H3;2*1-15H;2*2-11H,1H3. The van der Waals surface area contributed by atoms with Crippen LogP contribution >= 0.6 is 22.7 Å². The molecule has 0 unspecified atom stereocenters. The highest BCUT2D eigenvalue weighted by Gasteiger charge is 2.24. The number of aryl methyl sites for hydroxylation is 3. The van der Waals surface area contributed by atoms with Gasteiger partial charge in [0, 0.05) is 171 Å². The van der Waals surface area contributed by atoms with Crippen molar-refractivity contribution in [3.63, 3.8) is 0 Å². The van der Waals surface area contributed by atoms with Crippen LogP contribution in [0.2, 0.25) is 0 Å². The zero-order valence-corrected chi connectivity index (χ0v) is 68.0. The van der Waals surface area contributed by atoms with E-state index in [1.807, 2.05) is 46.9 Å². The maximum atomic E-state index is 6.31. The van der Waals surface area contributed by atoms with Gasteiger partial charge >= 0.3 is 0 Å². The molecule has 18 aromatic carbocycles. The second-order valence-electron chi connectivity index (χ2n) is 31.4. The normalized spacial score (nSPS) is 11.9. The topological polar surface area (TPSA) is 55.9 Å². The number of thiophene rings is 2. The number of rotatable bonds is 3. The van der Waals surface area contributed by atoms with Gasteiger partial charge in [-0.25, -0.2) is 0 Å². The van der Waals surface area contributed by atoms with Crippen LogP contribution in [0.5, 0.6) is 0 Å². The molecule has 0 atom stereocenters. The average Bonchev–Trinajstić information content (AvgIpc) is 1.59. The van der Waals surface area contributed by atoms with Gasteiger partial charge in [0.2, 0.25) is 0 Å². The maximum absolute atomic E-state index is 6.31. The van der Waals surface area contributed by atoms with Gasteiger partial charge in [-0.1, -0.05) is 255 Å². The van der Waals surface area contributed by atoms with Crippen LogP contribution in [0, 0.1) is 0 Å². The molecule has 28 aromatic rings. The van der Waals surface area contributed by atoms with E-state index in [-0.39, 0.29) is 0 Å². The van der Waals surface area contributed by atoms with Crippen molar-refractivity contribution in [2.24, 2.45) is 21.1 Å². The third kappa shape index (κ3) is 10.8. The fourth-order valence-corrected chi connectivity index (χ4v) is 22.1. The molecule has 10 aromatic heterocycles. The molecule has 0 aliphatic carbocycles. The highest BCUT2D eigenvalue weighted by Crippen LogP contribution is 2.48. The molecular weight excluding hydrogens is 1510 g/mol. The molecule has 8 nitrogen and oxygen atoms in total. The molecule has 0 fully saturated rings. The van der Waals surface area contributed by atoms with E-state index in [0.717, 1.165) is 28.0 Å². The molecule has 0 aliphatic heterocycles.